The molecule has 2 aliphatic carbocycles. The third kappa shape index (κ3) is 5.87. The summed E-state index contributed by atoms with van der Waals surface area (Å²) < 4.78 is 0. The minimum atomic E-state index is 0.893. The predicted molar refractivity (Wildman–Crippen MR) is 74.4 cm³/mol. The zero-order valence-electron chi connectivity index (χ0n) is 11.6. The average Bonchev–Trinajstić information content (AvgIpc) is 3.17. The lowest BCUT2D eigenvalue weighted by molar-refractivity contribution is 0.257. The van der Waals surface area contributed by atoms with Crippen LogP contribution < -0.4 is 5.32 Å². The van der Waals surface area contributed by atoms with Crippen LogP contribution in [-0.2, 0) is 0 Å². The molecule has 0 unspecified atom stereocenters. The van der Waals surface area contributed by atoms with E-state index in [4.69, 9.17) is 0 Å². The summed E-state index contributed by atoms with van der Waals surface area (Å²) >= 11 is 0. The molecule has 2 saturated carbocycles. The summed E-state index contributed by atoms with van der Waals surface area (Å²) in [6.45, 7) is 6.24. The van der Waals surface area contributed by atoms with Gasteiger partial charge in [0.25, 0.3) is 0 Å². The van der Waals surface area contributed by atoms with Crippen LogP contribution in [0, 0.1) is 0 Å². The third-order valence-electron chi connectivity index (χ3n) is 3.96. The largest absolute Gasteiger partial charge is 0.314 e. The van der Waals surface area contributed by atoms with Crippen LogP contribution in [0.15, 0.2) is 0 Å². The predicted octanol–water partition coefficient (Wildman–Crippen LogP) is 3.17. The van der Waals surface area contributed by atoms with Crippen LogP contribution in [0.5, 0.6) is 0 Å². The lowest BCUT2D eigenvalue weighted by Crippen LogP contribution is -2.28. The normalized spacial score (nSPS) is 20.1. The van der Waals surface area contributed by atoms with Crippen molar-refractivity contribution in [2.45, 2.75) is 76.8 Å². The number of nitrogens with zero attached hydrogens (tertiary/aromatic N) is 1. The molecular weight excluding hydrogens is 208 g/mol. The number of hydrogen-bond acceptors (Lipinski definition) is 2. The third-order valence-corrected chi connectivity index (χ3v) is 3.96. The molecule has 0 aliphatic heterocycles. The van der Waals surface area contributed by atoms with Gasteiger partial charge in [0.2, 0.25) is 0 Å². The van der Waals surface area contributed by atoms with Crippen molar-refractivity contribution in [3.63, 3.8) is 0 Å². The molecule has 0 bridgehead atoms. The van der Waals surface area contributed by atoms with Crippen molar-refractivity contribution < 1.29 is 0 Å². The summed E-state index contributed by atoms with van der Waals surface area (Å²) in [7, 11) is 0. The van der Waals surface area contributed by atoms with Gasteiger partial charge in [-0.2, -0.15) is 0 Å². The van der Waals surface area contributed by atoms with Crippen LogP contribution >= 0.6 is 0 Å². The van der Waals surface area contributed by atoms with E-state index in [0.717, 1.165) is 12.1 Å². The topological polar surface area (TPSA) is 15.3 Å². The fourth-order valence-electron chi connectivity index (χ4n) is 2.59. The van der Waals surface area contributed by atoms with Gasteiger partial charge in [-0.3, -0.25) is 0 Å². The van der Waals surface area contributed by atoms with Gasteiger partial charge in [-0.1, -0.05) is 19.8 Å². The molecule has 0 amide bonds. The molecule has 2 aliphatic rings. The zero-order valence-corrected chi connectivity index (χ0v) is 11.6. The molecule has 0 heterocycles. The van der Waals surface area contributed by atoms with Gasteiger partial charge >= 0.3 is 0 Å². The van der Waals surface area contributed by atoms with Crippen LogP contribution in [-0.4, -0.2) is 36.6 Å². The molecule has 2 nitrogen and oxygen atoms in total. The number of hydrogen-bond donors (Lipinski definition) is 1. The molecule has 2 heteroatoms. The molecule has 0 aromatic carbocycles. The first kappa shape index (κ1) is 13.4. The molecule has 0 radical (unpaired) electrons. The summed E-state index contributed by atoms with van der Waals surface area (Å²) in [4.78, 5) is 2.72. The molecule has 0 spiro atoms. The monoisotopic (exact) mass is 238 g/mol. The van der Waals surface area contributed by atoms with Gasteiger partial charge in [-0.25, -0.2) is 0 Å². The van der Waals surface area contributed by atoms with Crippen molar-refractivity contribution in [3.8, 4) is 0 Å². The van der Waals surface area contributed by atoms with E-state index >= 15 is 0 Å². The molecule has 0 saturated heterocycles. The highest BCUT2D eigenvalue weighted by atomic mass is 15.2. The van der Waals surface area contributed by atoms with Gasteiger partial charge in [0.05, 0.1) is 0 Å². The van der Waals surface area contributed by atoms with Gasteiger partial charge in [0.1, 0.15) is 0 Å². The molecule has 100 valence electrons. The lowest BCUT2D eigenvalue weighted by Gasteiger charge is -2.20. The van der Waals surface area contributed by atoms with Gasteiger partial charge in [0, 0.05) is 12.1 Å². The maximum absolute atomic E-state index is 3.59. The maximum atomic E-state index is 3.59. The SMILES string of the molecule is CCCN(CCCCCCNC1CC1)C1CC1. The van der Waals surface area contributed by atoms with E-state index in [0.29, 0.717) is 0 Å². The molecular formula is C15H30N2. The smallest absolute Gasteiger partial charge is 0.00964 e. The number of rotatable bonds is 11. The zero-order chi connectivity index (χ0) is 11.9. The van der Waals surface area contributed by atoms with Crippen LogP contribution in [0.3, 0.4) is 0 Å². The molecule has 1 N–H and O–H groups in total. The van der Waals surface area contributed by atoms with Crippen molar-refractivity contribution in [1.29, 1.82) is 0 Å². The Labute approximate surface area is 107 Å². The minimum absolute atomic E-state index is 0.893. The summed E-state index contributed by atoms with van der Waals surface area (Å²) in [5.74, 6) is 0. The van der Waals surface area contributed by atoms with E-state index in [1.54, 1.807) is 0 Å². The van der Waals surface area contributed by atoms with Crippen LogP contribution in [0.1, 0.15) is 64.7 Å². The van der Waals surface area contributed by atoms with E-state index < -0.39 is 0 Å². The van der Waals surface area contributed by atoms with E-state index in [1.165, 1.54) is 77.4 Å². The van der Waals surface area contributed by atoms with Crippen LogP contribution in [0.2, 0.25) is 0 Å². The van der Waals surface area contributed by atoms with Crippen molar-refractivity contribution in [2.24, 2.45) is 0 Å². The minimum Gasteiger partial charge on any atom is -0.314 e. The van der Waals surface area contributed by atoms with Gasteiger partial charge in [0.15, 0.2) is 0 Å². The molecule has 0 aromatic heterocycles. The Morgan fingerprint density at radius 1 is 0.941 bits per heavy atom. The van der Waals surface area contributed by atoms with Crippen molar-refractivity contribution in [1.82, 2.24) is 10.2 Å². The number of unbranched alkanes of at least 4 members (excludes halogenated alkanes) is 3. The van der Waals surface area contributed by atoms with Gasteiger partial charge in [-0.15, -0.1) is 0 Å². The molecule has 0 aromatic rings. The Hall–Kier alpha value is -0.0800. The standard InChI is InChI=1S/C15H30N2/c1-2-12-17(15-9-10-15)13-6-4-3-5-11-16-14-7-8-14/h14-16H,2-13H2,1H3. The Bertz CT molecular complexity index is 197. The van der Waals surface area contributed by atoms with E-state index in [9.17, 15) is 0 Å². The lowest BCUT2D eigenvalue weighted by atomic mass is 10.2. The van der Waals surface area contributed by atoms with Crippen molar-refractivity contribution in [2.75, 3.05) is 19.6 Å². The summed E-state index contributed by atoms with van der Waals surface area (Å²) in [5.41, 5.74) is 0. The van der Waals surface area contributed by atoms with Gasteiger partial charge < -0.3 is 10.2 Å². The molecule has 0 atom stereocenters. The fraction of sp³-hybridized carbons (Fsp3) is 1.00. The van der Waals surface area contributed by atoms with Crippen molar-refractivity contribution >= 4 is 0 Å². The first-order valence-electron chi connectivity index (χ1n) is 7.87. The molecule has 2 fully saturated rings. The molecule has 2 rings (SSSR count). The first-order chi connectivity index (χ1) is 8.40. The second-order valence-electron chi connectivity index (χ2n) is 5.91. The first-order valence-corrected chi connectivity index (χ1v) is 7.87. The Morgan fingerprint density at radius 2 is 1.71 bits per heavy atom. The maximum Gasteiger partial charge on any atom is 0.00964 e. The average molecular weight is 238 g/mol. The quantitative estimate of drug-likeness (QED) is 0.556. The van der Waals surface area contributed by atoms with Crippen LogP contribution in [0.25, 0.3) is 0 Å². The molecule has 17 heavy (non-hydrogen) atoms. The fourth-order valence-corrected chi connectivity index (χ4v) is 2.59. The highest BCUT2D eigenvalue weighted by Crippen LogP contribution is 2.27. The van der Waals surface area contributed by atoms with E-state index in [-0.39, 0.29) is 0 Å². The number of nitrogens with one attached hydrogen (secondary N) is 1. The van der Waals surface area contributed by atoms with E-state index in [2.05, 4.69) is 17.1 Å². The highest BCUT2D eigenvalue weighted by molar-refractivity contribution is 4.84. The van der Waals surface area contributed by atoms with Crippen molar-refractivity contribution in [3.05, 3.63) is 0 Å². The second kappa shape index (κ2) is 7.38. The van der Waals surface area contributed by atoms with E-state index in [1.807, 2.05) is 0 Å². The highest BCUT2D eigenvalue weighted by Gasteiger charge is 2.27. The second-order valence-corrected chi connectivity index (χ2v) is 5.91. The Morgan fingerprint density at radius 3 is 2.35 bits per heavy atom. The van der Waals surface area contributed by atoms with Crippen LogP contribution in [0.4, 0.5) is 0 Å². The summed E-state index contributed by atoms with van der Waals surface area (Å²) in [6.07, 6.45) is 12.7. The summed E-state index contributed by atoms with van der Waals surface area (Å²) in [6, 6.07) is 1.86. The Balaban J connectivity index is 1.38. The Kier molecular flexibility index (Phi) is 5.79. The summed E-state index contributed by atoms with van der Waals surface area (Å²) in [5, 5.41) is 3.59. The van der Waals surface area contributed by atoms with Gasteiger partial charge in [-0.05, 0) is 64.6 Å².